The Bertz CT molecular complexity index is 53.7. The van der Waals surface area contributed by atoms with Gasteiger partial charge in [0.25, 0.3) is 0 Å². The summed E-state index contributed by atoms with van der Waals surface area (Å²) in [6.07, 6.45) is 0.850. The summed E-state index contributed by atoms with van der Waals surface area (Å²) in [5.41, 5.74) is 0. The molecule has 0 rings (SSSR count). The minimum absolute atomic E-state index is 0. The zero-order valence-electron chi connectivity index (χ0n) is 4.73. The average Bonchev–Trinajstić information content (AvgIpc) is 1.35. The summed E-state index contributed by atoms with van der Waals surface area (Å²) in [6.45, 7) is 1.80. The van der Waals surface area contributed by atoms with E-state index in [0.717, 1.165) is 0 Å². The molecule has 0 aliphatic carbocycles. The van der Waals surface area contributed by atoms with Crippen LogP contribution in [-0.2, 0) is 4.79 Å². The average molecular weight is 163 g/mol. The third-order valence-corrected chi connectivity index (χ3v) is 0.454. The zero-order chi connectivity index (χ0) is 4.99. The van der Waals surface area contributed by atoms with Gasteiger partial charge in [0.15, 0.2) is 0 Å². The second kappa shape index (κ2) is 6.01. The molecule has 0 spiro atoms. The van der Waals surface area contributed by atoms with E-state index in [1.165, 1.54) is 0 Å². The maximum atomic E-state index is 9.49. The number of carbonyl (C=O) groups is 1. The van der Waals surface area contributed by atoms with Crippen LogP contribution in [0, 0.1) is 0 Å². The van der Waals surface area contributed by atoms with Crippen molar-refractivity contribution in [3.8, 4) is 0 Å². The third kappa shape index (κ3) is 10.7. The molecule has 0 aromatic heterocycles. The Kier molecular flexibility index (Phi) is 8.67. The number of carboxylic acids is 1. The Hall–Kier alpha value is 0.0129. The summed E-state index contributed by atoms with van der Waals surface area (Å²) in [4.78, 5) is 9.49. The van der Waals surface area contributed by atoms with Crippen molar-refractivity contribution in [1.82, 2.24) is 0 Å². The van der Waals surface area contributed by atoms with Crippen molar-refractivity contribution in [2.24, 2.45) is 0 Å². The van der Waals surface area contributed by atoms with Gasteiger partial charge in [-0.25, -0.2) is 0 Å². The number of carboxylic acid groups (broad SMARTS) is 1. The van der Waals surface area contributed by atoms with E-state index < -0.39 is 5.97 Å². The Labute approximate surface area is 53.9 Å². The van der Waals surface area contributed by atoms with Crippen LogP contribution in [0.1, 0.15) is 19.8 Å². The zero-order valence-corrected chi connectivity index (χ0v) is 8.93. The monoisotopic (exact) mass is 164 g/mol. The van der Waals surface area contributed by atoms with E-state index >= 15 is 0 Å². The number of aliphatic carboxylic acids is 1. The van der Waals surface area contributed by atoms with Crippen molar-refractivity contribution in [3.05, 3.63) is 0 Å². The van der Waals surface area contributed by atoms with Crippen LogP contribution in [0.4, 0.5) is 0 Å². The first kappa shape index (κ1) is 10.1. The second-order valence-corrected chi connectivity index (χ2v) is 1.12. The molecule has 7 heavy (non-hydrogen) atoms. The van der Waals surface area contributed by atoms with Gasteiger partial charge in [0.1, 0.15) is 0 Å². The molecule has 0 aliphatic heterocycles. The van der Waals surface area contributed by atoms with Crippen LogP contribution >= 0.6 is 0 Å². The first-order valence-corrected chi connectivity index (χ1v) is 1.97. The maximum absolute atomic E-state index is 9.49. The minimum atomic E-state index is -0.961. The standard InChI is InChI=1S/C4H8O2.GeH3/c1-2-3-4(5)6;/h2-3H2,1H3,(H,5,6);1H3/q;+1/p-1. The van der Waals surface area contributed by atoms with Crippen molar-refractivity contribution in [2.45, 2.75) is 19.8 Å². The van der Waals surface area contributed by atoms with Crippen LogP contribution in [0.5, 0.6) is 0 Å². The van der Waals surface area contributed by atoms with Crippen molar-refractivity contribution in [2.75, 3.05) is 0 Å². The van der Waals surface area contributed by atoms with Gasteiger partial charge in [0, 0.05) is 5.97 Å². The van der Waals surface area contributed by atoms with Crippen molar-refractivity contribution < 1.29 is 9.90 Å². The molecule has 0 fully saturated rings. The van der Waals surface area contributed by atoms with Crippen LogP contribution in [0.25, 0.3) is 0 Å². The first-order valence-electron chi connectivity index (χ1n) is 1.97. The van der Waals surface area contributed by atoms with Gasteiger partial charge < -0.3 is 9.90 Å². The van der Waals surface area contributed by atoms with E-state index in [1.807, 2.05) is 0 Å². The molecule has 42 valence electrons. The Morgan fingerprint density at radius 2 is 2.14 bits per heavy atom. The van der Waals surface area contributed by atoms with E-state index in [9.17, 15) is 9.90 Å². The molecule has 0 heterocycles. The topological polar surface area (TPSA) is 40.1 Å². The molecule has 0 amide bonds. The number of carbonyl (C=O) groups excluding carboxylic acids is 1. The molecule has 0 atom stereocenters. The molecule has 0 aromatic carbocycles. The summed E-state index contributed by atoms with van der Waals surface area (Å²) in [7, 11) is 0. The molecule has 0 unspecified atom stereocenters. The number of rotatable bonds is 2. The molecule has 2 nitrogen and oxygen atoms in total. The molecule has 0 saturated heterocycles. The van der Waals surface area contributed by atoms with Gasteiger partial charge in [-0.05, 0) is 6.42 Å². The van der Waals surface area contributed by atoms with Gasteiger partial charge in [-0.1, -0.05) is 13.3 Å². The number of hydrogen-bond acceptors (Lipinski definition) is 2. The molecule has 0 bridgehead atoms. The molecule has 0 radical (unpaired) electrons. The summed E-state index contributed by atoms with van der Waals surface area (Å²) in [6, 6.07) is 0. The normalized spacial score (nSPS) is 7.00. The van der Waals surface area contributed by atoms with Crippen LogP contribution in [0.2, 0.25) is 0 Å². The predicted molar refractivity (Wildman–Crippen MR) is 29.9 cm³/mol. The SMILES string of the molecule is CCCC(=O)[O-].[GeH3+]. The third-order valence-electron chi connectivity index (χ3n) is 0.454. The van der Waals surface area contributed by atoms with Gasteiger partial charge in [-0.2, -0.15) is 0 Å². The van der Waals surface area contributed by atoms with E-state index in [2.05, 4.69) is 0 Å². The second-order valence-electron chi connectivity index (χ2n) is 1.12. The Morgan fingerprint density at radius 1 is 1.71 bits per heavy atom. The van der Waals surface area contributed by atoms with Gasteiger partial charge in [-0.3, -0.25) is 0 Å². The Morgan fingerprint density at radius 3 is 2.14 bits per heavy atom. The molecule has 0 aromatic rings. The van der Waals surface area contributed by atoms with Crippen LogP contribution in [0.15, 0.2) is 0 Å². The van der Waals surface area contributed by atoms with Crippen molar-refractivity contribution >= 4 is 23.6 Å². The molecule has 0 saturated carbocycles. The van der Waals surface area contributed by atoms with Crippen LogP contribution in [0.3, 0.4) is 0 Å². The fourth-order valence-corrected chi connectivity index (χ4v) is 0.204. The summed E-state index contributed by atoms with van der Waals surface area (Å²) < 4.78 is 0. The fraction of sp³-hybridized carbons (Fsp3) is 0.750. The van der Waals surface area contributed by atoms with Crippen LogP contribution in [-0.4, -0.2) is 23.6 Å². The molecule has 0 aliphatic rings. The molecule has 3 heteroatoms. The number of hydrogen-bond donors (Lipinski definition) is 0. The Balaban J connectivity index is 0. The fourth-order valence-electron chi connectivity index (χ4n) is 0.204. The van der Waals surface area contributed by atoms with E-state index in [0.29, 0.717) is 6.42 Å². The van der Waals surface area contributed by atoms with E-state index in [-0.39, 0.29) is 24.0 Å². The molecular weight excluding hydrogens is 153 g/mol. The van der Waals surface area contributed by atoms with E-state index in [1.54, 1.807) is 6.92 Å². The summed E-state index contributed by atoms with van der Waals surface area (Å²) >= 11 is 0. The van der Waals surface area contributed by atoms with E-state index in [4.69, 9.17) is 0 Å². The van der Waals surface area contributed by atoms with Gasteiger partial charge in [-0.15, -0.1) is 0 Å². The van der Waals surface area contributed by atoms with Crippen LogP contribution < -0.4 is 5.11 Å². The molecular formula is C4H10GeO2. The summed E-state index contributed by atoms with van der Waals surface area (Å²) in [5.74, 6) is -0.961. The molecule has 0 N–H and O–H groups in total. The van der Waals surface area contributed by atoms with Gasteiger partial charge >= 0.3 is 17.6 Å². The van der Waals surface area contributed by atoms with Crippen molar-refractivity contribution in [1.29, 1.82) is 0 Å². The first-order chi connectivity index (χ1) is 2.77. The van der Waals surface area contributed by atoms with Gasteiger partial charge in [0.05, 0.1) is 0 Å². The van der Waals surface area contributed by atoms with Crippen molar-refractivity contribution in [3.63, 3.8) is 0 Å². The van der Waals surface area contributed by atoms with Gasteiger partial charge in [0.2, 0.25) is 0 Å². The predicted octanol–water partition coefficient (Wildman–Crippen LogP) is -1.65. The quantitative estimate of drug-likeness (QED) is 0.457. The summed E-state index contributed by atoms with van der Waals surface area (Å²) in [5, 5.41) is 9.49.